The molecule has 2 aliphatic rings. The number of aliphatic carboxylic acids is 1. The number of alkyl halides is 3. The van der Waals surface area contributed by atoms with Crippen LogP contribution in [-0.2, 0) is 14.4 Å². The van der Waals surface area contributed by atoms with Gasteiger partial charge in [0.2, 0.25) is 17.8 Å². The second-order valence-corrected chi connectivity index (χ2v) is 7.71. The zero-order valence-electron chi connectivity index (χ0n) is 17.2. The average Bonchev–Trinajstić information content (AvgIpc) is 3.17. The second-order valence-electron chi connectivity index (χ2n) is 7.71. The van der Waals surface area contributed by atoms with E-state index < -0.39 is 23.4 Å². The Labute approximate surface area is 175 Å². The molecule has 0 unspecified atom stereocenters. The molecular formula is C18H23F4N5O4. The molecule has 1 N–H and O–H groups in total. The molecule has 0 aromatic carbocycles. The third kappa shape index (κ3) is 5.39. The highest BCUT2D eigenvalue weighted by atomic mass is 19.4. The number of carbonyl (C=O) groups is 3. The lowest BCUT2D eigenvalue weighted by molar-refractivity contribution is -0.192. The summed E-state index contributed by atoms with van der Waals surface area (Å²) in [4.78, 5) is 46.9. The van der Waals surface area contributed by atoms with E-state index in [1.54, 1.807) is 19.0 Å². The van der Waals surface area contributed by atoms with Gasteiger partial charge in [-0.25, -0.2) is 19.2 Å². The van der Waals surface area contributed by atoms with Crippen molar-refractivity contribution in [1.82, 2.24) is 19.8 Å². The predicted octanol–water partition coefficient (Wildman–Crippen LogP) is 1.01. The van der Waals surface area contributed by atoms with E-state index in [-0.39, 0.29) is 24.3 Å². The van der Waals surface area contributed by atoms with E-state index in [1.165, 1.54) is 4.90 Å². The Balaban J connectivity index is 0.000000423. The van der Waals surface area contributed by atoms with E-state index in [0.29, 0.717) is 32.0 Å². The Kier molecular flexibility index (Phi) is 7.06. The molecule has 0 bridgehead atoms. The molecule has 31 heavy (non-hydrogen) atoms. The van der Waals surface area contributed by atoms with Crippen molar-refractivity contribution in [3.05, 3.63) is 18.2 Å². The molecule has 0 aliphatic carbocycles. The molecule has 3 rings (SSSR count). The van der Waals surface area contributed by atoms with Crippen LogP contribution in [0, 0.1) is 17.2 Å². The van der Waals surface area contributed by atoms with Crippen molar-refractivity contribution >= 4 is 23.7 Å². The van der Waals surface area contributed by atoms with Gasteiger partial charge in [-0.05, 0) is 12.3 Å². The number of halogens is 4. The minimum absolute atomic E-state index is 0.0230. The van der Waals surface area contributed by atoms with Gasteiger partial charge < -0.3 is 19.8 Å². The number of aromatic nitrogens is 2. The number of anilines is 1. The first-order valence-electron chi connectivity index (χ1n) is 9.30. The summed E-state index contributed by atoms with van der Waals surface area (Å²) in [5.41, 5.74) is -0.510. The lowest BCUT2D eigenvalue weighted by Gasteiger charge is -2.26. The van der Waals surface area contributed by atoms with E-state index in [2.05, 4.69) is 9.97 Å². The van der Waals surface area contributed by atoms with Crippen LogP contribution in [0.1, 0.15) is 13.3 Å². The quantitative estimate of drug-likeness (QED) is 0.687. The highest BCUT2D eigenvalue weighted by Crippen LogP contribution is 2.45. The minimum Gasteiger partial charge on any atom is -0.475 e. The minimum atomic E-state index is -5.08. The number of likely N-dealkylation sites (N-methyl/N-ethyl adjacent to an activating group) is 1. The third-order valence-electron chi connectivity index (χ3n) is 5.41. The molecule has 1 aromatic heterocycles. The first kappa shape index (κ1) is 24.3. The largest absolute Gasteiger partial charge is 0.490 e. The van der Waals surface area contributed by atoms with Crippen LogP contribution >= 0.6 is 0 Å². The van der Waals surface area contributed by atoms with Gasteiger partial charge in [0.15, 0.2) is 5.82 Å². The molecule has 1 aromatic rings. The molecule has 0 saturated carbocycles. The van der Waals surface area contributed by atoms with Crippen LogP contribution in [0.3, 0.4) is 0 Å². The van der Waals surface area contributed by atoms with Crippen LogP contribution in [0.5, 0.6) is 0 Å². The van der Waals surface area contributed by atoms with E-state index in [1.807, 2.05) is 11.8 Å². The molecule has 0 radical (unpaired) electrons. The van der Waals surface area contributed by atoms with Crippen LogP contribution in [0.15, 0.2) is 12.4 Å². The van der Waals surface area contributed by atoms with Crippen LogP contribution < -0.4 is 4.90 Å². The molecule has 2 fully saturated rings. The number of carbonyl (C=O) groups excluding carboxylic acids is 2. The summed E-state index contributed by atoms with van der Waals surface area (Å²) in [6.07, 6.45) is -2.10. The number of hydrogen-bond acceptors (Lipinski definition) is 6. The Hall–Kier alpha value is -2.99. The van der Waals surface area contributed by atoms with Gasteiger partial charge in [0.1, 0.15) is 0 Å². The van der Waals surface area contributed by atoms with Crippen LogP contribution in [0.4, 0.5) is 23.5 Å². The molecule has 2 amide bonds. The molecule has 172 valence electrons. The van der Waals surface area contributed by atoms with Gasteiger partial charge in [0.05, 0.1) is 24.4 Å². The smallest absolute Gasteiger partial charge is 0.475 e. The Morgan fingerprint density at radius 2 is 1.84 bits per heavy atom. The van der Waals surface area contributed by atoms with Crippen molar-refractivity contribution in [1.29, 1.82) is 0 Å². The van der Waals surface area contributed by atoms with Crippen molar-refractivity contribution in [2.45, 2.75) is 19.5 Å². The SMILES string of the molecule is C[C@@H]1CN(c2ncc(F)cn2)C[C@]12CCN(CC(=O)N(C)C)C2=O.O=C(O)C(F)(F)F. The van der Waals surface area contributed by atoms with E-state index in [9.17, 15) is 27.2 Å². The molecule has 2 saturated heterocycles. The first-order valence-corrected chi connectivity index (χ1v) is 9.30. The lowest BCUT2D eigenvalue weighted by Crippen LogP contribution is -2.43. The second kappa shape index (κ2) is 9.02. The summed E-state index contributed by atoms with van der Waals surface area (Å²) >= 11 is 0. The lowest BCUT2D eigenvalue weighted by atomic mass is 9.78. The maximum absolute atomic E-state index is 13.0. The fourth-order valence-electron chi connectivity index (χ4n) is 3.60. The first-order chi connectivity index (χ1) is 14.3. The Bertz CT molecular complexity index is 833. The summed E-state index contributed by atoms with van der Waals surface area (Å²) in [6, 6.07) is 0. The Morgan fingerprint density at radius 1 is 1.29 bits per heavy atom. The molecule has 1 spiro atoms. The monoisotopic (exact) mass is 449 g/mol. The highest BCUT2D eigenvalue weighted by molar-refractivity contribution is 5.90. The van der Waals surface area contributed by atoms with Gasteiger partial charge in [-0.2, -0.15) is 13.2 Å². The van der Waals surface area contributed by atoms with Gasteiger partial charge in [0.25, 0.3) is 0 Å². The highest BCUT2D eigenvalue weighted by Gasteiger charge is 2.55. The number of carboxylic acids is 1. The summed E-state index contributed by atoms with van der Waals surface area (Å²) in [6.45, 7) is 3.89. The fourth-order valence-corrected chi connectivity index (χ4v) is 3.60. The topological polar surface area (TPSA) is 107 Å². The van der Waals surface area contributed by atoms with Crippen molar-refractivity contribution in [3.63, 3.8) is 0 Å². The Morgan fingerprint density at radius 3 is 2.32 bits per heavy atom. The van der Waals surface area contributed by atoms with Crippen LogP contribution in [0.2, 0.25) is 0 Å². The number of amides is 2. The van der Waals surface area contributed by atoms with E-state index >= 15 is 0 Å². The molecular weight excluding hydrogens is 426 g/mol. The number of hydrogen-bond donors (Lipinski definition) is 1. The molecule has 2 atom stereocenters. The van der Waals surface area contributed by atoms with Gasteiger partial charge in [-0.1, -0.05) is 6.92 Å². The molecule has 13 heteroatoms. The maximum Gasteiger partial charge on any atom is 0.490 e. The van der Waals surface area contributed by atoms with Crippen LogP contribution in [0.25, 0.3) is 0 Å². The third-order valence-corrected chi connectivity index (χ3v) is 5.41. The summed E-state index contributed by atoms with van der Waals surface area (Å²) < 4.78 is 44.7. The number of likely N-dealkylation sites (tertiary alicyclic amines) is 1. The van der Waals surface area contributed by atoms with Crippen LogP contribution in [-0.4, -0.2) is 89.1 Å². The van der Waals surface area contributed by atoms with Crippen molar-refractivity contribution in [2.75, 3.05) is 45.2 Å². The van der Waals surface area contributed by atoms with E-state index in [4.69, 9.17) is 9.90 Å². The number of carboxylic acid groups (broad SMARTS) is 1. The van der Waals surface area contributed by atoms with Gasteiger partial charge in [-0.15, -0.1) is 0 Å². The van der Waals surface area contributed by atoms with Crippen molar-refractivity contribution in [2.24, 2.45) is 11.3 Å². The molecule has 3 heterocycles. The normalized spacial score (nSPS) is 23.1. The summed E-state index contributed by atoms with van der Waals surface area (Å²) in [5.74, 6) is -2.73. The summed E-state index contributed by atoms with van der Waals surface area (Å²) in [5, 5.41) is 7.12. The van der Waals surface area contributed by atoms with Crippen molar-refractivity contribution in [3.8, 4) is 0 Å². The van der Waals surface area contributed by atoms with E-state index in [0.717, 1.165) is 12.4 Å². The zero-order valence-corrected chi connectivity index (χ0v) is 17.2. The molecule has 2 aliphatic heterocycles. The fraction of sp³-hybridized carbons (Fsp3) is 0.611. The zero-order chi connectivity index (χ0) is 23.6. The maximum atomic E-state index is 13.0. The number of nitrogens with zero attached hydrogens (tertiary/aromatic N) is 5. The molecule has 9 nitrogen and oxygen atoms in total. The number of rotatable bonds is 3. The van der Waals surface area contributed by atoms with Gasteiger partial charge in [0, 0.05) is 33.7 Å². The predicted molar refractivity (Wildman–Crippen MR) is 99.4 cm³/mol. The van der Waals surface area contributed by atoms with Crippen molar-refractivity contribution < 1.29 is 37.1 Å². The van der Waals surface area contributed by atoms with Gasteiger partial charge >= 0.3 is 12.1 Å². The van der Waals surface area contributed by atoms with Gasteiger partial charge in [-0.3, -0.25) is 9.59 Å². The average molecular weight is 449 g/mol. The summed E-state index contributed by atoms with van der Waals surface area (Å²) in [7, 11) is 3.37. The standard InChI is InChI=1S/C16H22FN5O2.C2HF3O2/c1-11-8-22(15-18-6-12(17)7-19-15)10-16(11)4-5-21(14(16)24)9-13(23)20(2)3;3-2(4,5)1(6)7/h6-7,11H,4-5,8-10H2,1-3H3;(H,6,7)/t11-,16-;/m1./s1.